The van der Waals surface area contributed by atoms with Crippen LogP contribution in [-0.2, 0) is 16.3 Å². The molecular weight excluding hydrogens is 350 g/mol. The van der Waals surface area contributed by atoms with Gasteiger partial charge in [-0.1, -0.05) is 26.2 Å². The van der Waals surface area contributed by atoms with E-state index >= 15 is 0 Å². The van der Waals surface area contributed by atoms with E-state index in [9.17, 15) is 8.42 Å². The molecule has 1 aromatic rings. The summed E-state index contributed by atoms with van der Waals surface area (Å²) in [7, 11) is -3.03. The molecule has 1 aliphatic carbocycles. The maximum Gasteiger partial charge on any atom is 0.194 e. The number of aliphatic imine (C=N–C) groups is 1. The van der Waals surface area contributed by atoms with Gasteiger partial charge < -0.3 is 14.6 Å². The Morgan fingerprint density at radius 1 is 1.35 bits per heavy atom. The van der Waals surface area contributed by atoms with Gasteiger partial charge in [0, 0.05) is 32.6 Å². The lowest BCUT2D eigenvalue weighted by Gasteiger charge is -2.45. The first-order chi connectivity index (χ1) is 12.6. The summed E-state index contributed by atoms with van der Waals surface area (Å²) in [6.07, 6.45) is 8.20. The van der Waals surface area contributed by atoms with Crippen molar-refractivity contribution in [3.63, 3.8) is 0 Å². The zero-order chi connectivity index (χ0) is 18.5. The topological polar surface area (TPSA) is 74.9 Å². The van der Waals surface area contributed by atoms with E-state index in [0.717, 1.165) is 69.8 Å². The second-order valence-electron chi connectivity index (χ2n) is 7.45. The molecule has 1 saturated carbocycles. The molecule has 6 nitrogen and oxygen atoms in total. The molecule has 2 heterocycles. The maximum absolute atomic E-state index is 12.8. The van der Waals surface area contributed by atoms with Crippen LogP contribution in [0.5, 0.6) is 0 Å². The first kappa shape index (κ1) is 19.3. The second-order valence-corrected chi connectivity index (χ2v) is 9.95. The minimum absolute atomic E-state index is 0.234. The van der Waals surface area contributed by atoms with Gasteiger partial charge in [0.15, 0.2) is 15.8 Å². The fourth-order valence-corrected chi connectivity index (χ4v) is 6.21. The van der Waals surface area contributed by atoms with E-state index in [1.165, 1.54) is 0 Å². The molecule has 1 spiro atoms. The standard InChI is InChI=1S/C19H31N3O3S/c1-2-11-20-18(21-12-8-17-7-6-14-25-17)22-13-15-26(23,24)19(16-22)9-4-3-5-10-19/h6-7,14H,2-5,8-13,15-16H2,1H3,(H,20,21). The van der Waals surface area contributed by atoms with Crippen LogP contribution in [-0.4, -0.2) is 56.0 Å². The van der Waals surface area contributed by atoms with Crippen LogP contribution >= 0.6 is 0 Å². The zero-order valence-corrected chi connectivity index (χ0v) is 16.6. The largest absolute Gasteiger partial charge is 0.469 e. The second kappa shape index (κ2) is 8.46. The number of guanidine groups is 1. The van der Waals surface area contributed by atoms with Crippen molar-refractivity contribution < 1.29 is 12.8 Å². The Bertz CT molecular complexity index is 692. The van der Waals surface area contributed by atoms with Crippen molar-refractivity contribution in [2.24, 2.45) is 4.99 Å². The van der Waals surface area contributed by atoms with E-state index in [0.29, 0.717) is 13.1 Å². The van der Waals surface area contributed by atoms with Gasteiger partial charge in [0.25, 0.3) is 0 Å². The van der Waals surface area contributed by atoms with Gasteiger partial charge in [-0.3, -0.25) is 4.99 Å². The lowest BCUT2D eigenvalue weighted by molar-refractivity contribution is 0.273. The fourth-order valence-electron chi connectivity index (χ4n) is 4.06. The Kier molecular flexibility index (Phi) is 6.27. The summed E-state index contributed by atoms with van der Waals surface area (Å²) < 4.78 is 30.4. The first-order valence-corrected chi connectivity index (χ1v) is 11.5. The molecule has 2 aliphatic rings. The molecule has 3 rings (SSSR count). The van der Waals surface area contributed by atoms with Gasteiger partial charge in [-0.2, -0.15) is 0 Å². The summed E-state index contributed by atoms with van der Waals surface area (Å²) in [5, 5.41) is 3.43. The van der Waals surface area contributed by atoms with Crippen LogP contribution in [0.25, 0.3) is 0 Å². The molecular formula is C19H31N3O3S. The van der Waals surface area contributed by atoms with Crippen LogP contribution in [0.1, 0.15) is 51.2 Å². The van der Waals surface area contributed by atoms with Gasteiger partial charge in [0.05, 0.1) is 16.8 Å². The summed E-state index contributed by atoms with van der Waals surface area (Å²) >= 11 is 0. The zero-order valence-electron chi connectivity index (χ0n) is 15.7. The number of furan rings is 1. The molecule has 26 heavy (non-hydrogen) atoms. The van der Waals surface area contributed by atoms with Crippen molar-refractivity contribution in [1.82, 2.24) is 10.2 Å². The first-order valence-electron chi connectivity index (χ1n) is 9.84. The average Bonchev–Trinajstić information content (AvgIpc) is 3.15. The third-order valence-electron chi connectivity index (χ3n) is 5.55. The SMILES string of the molecule is CCCN=C(NCCc1ccco1)N1CCS(=O)(=O)C2(CCCCC2)C1. The summed E-state index contributed by atoms with van der Waals surface area (Å²) in [6.45, 7) is 4.69. The molecule has 146 valence electrons. The molecule has 0 radical (unpaired) electrons. The molecule has 1 saturated heterocycles. The monoisotopic (exact) mass is 381 g/mol. The van der Waals surface area contributed by atoms with Crippen molar-refractivity contribution in [3.8, 4) is 0 Å². The van der Waals surface area contributed by atoms with Crippen LogP contribution in [0.4, 0.5) is 0 Å². The Morgan fingerprint density at radius 3 is 2.85 bits per heavy atom. The van der Waals surface area contributed by atoms with E-state index in [2.05, 4.69) is 17.1 Å². The van der Waals surface area contributed by atoms with E-state index in [1.807, 2.05) is 12.1 Å². The summed E-state index contributed by atoms with van der Waals surface area (Å²) in [5.74, 6) is 2.02. The lowest BCUT2D eigenvalue weighted by atomic mass is 9.87. The highest BCUT2D eigenvalue weighted by molar-refractivity contribution is 7.92. The van der Waals surface area contributed by atoms with Crippen molar-refractivity contribution >= 4 is 15.8 Å². The number of hydrogen-bond acceptors (Lipinski definition) is 4. The Morgan fingerprint density at radius 2 is 2.15 bits per heavy atom. The number of nitrogens with zero attached hydrogens (tertiary/aromatic N) is 2. The predicted molar refractivity (Wildman–Crippen MR) is 104 cm³/mol. The van der Waals surface area contributed by atoms with Gasteiger partial charge in [-0.25, -0.2) is 8.42 Å². The average molecular weight is 382 g/mol. The van der Waals surface area contributed by atoms with Crippen LogP contribution in [0.3, 0.4) is 0 Å². The predicted octanol–water partition coefficient (Wildman–Crippen LogP) is 2.61. The van der Waals surface area contributed by atoms with E-state index in [1.54, 1.807) is 6.26 Å². The molecule has 0 atom stereocenters. The van der Waals surface area contributed by atoms with Crippen molar-refractivity contribution in [2.75, 3.05) is 31.9 Å². The van der Waals surface area contributed by atoms with Gasteiger partial charge in [0.2, 0.25) is 0 Å². The number of hydrogen-bond donors (Lipinski definition) is 1. The van der Waals surface area contributed by atoms with Crippen LogP contribution < -0.4 is 5.32 Å². The molecule has 0 bridgehead atoms. The summed E-state index contributed by atoms with van der Waals surface area (Å²) in [6, 6.07) is 3.86. The summed E-state index contributed by atoms with van der Waals surface area (Å²) in [4.78, 5) is 6.89. The molecule has 1 N–H and O–H groups in total. The molecule has 7 heteroatoms. The summed E-state index contributed by atoms with van der Waals surface area (Å²) in [5.41, 5.74) is 0. The van der Waals surface area contributed by atoms with Crippen LogP contribution in [0.2, 0.25) is 0 Å². The van der Waals surface area contributed by atoms with Crippen molar-refractivity contribution in [3.05, 3.63) is 24.2 Å². The number of rotatable bonds is 5. The van der Waals surface area contributed by atoms with Gasteiger partial charge in [-0.15, -0.1) is 0 Å². The minimum Gasteiger partial charge on any atom is -0.469 e. The minimum atomic E-state index is -3.03. The molecule has 1 aliphatic heterocycles. The Labute approximate surface area is 157 Å². The van der Waals surface area contributed by atoms with E-state index < -0.39 is 14.6 Å². The highest BCUT2D eigenvalue weighted by atomic mass is 32.2. The van der Waals surface area contributed by atoms with Gasteiger partial charge in [0.1, 0.15) is 5.76 Å². The normalized spacial score (nSPS) is 22.5. The third kappa shape index (κ3) is 4.24. The Balaban J connectivity index is 1.69. The molecule has 2 fully saturated rings. The van der Waals surface area contributed by atoms with Gasteiger partial charge >= 0.3 is 0 Å². The smallest absolute Gasteiger partial charge is 0.194 e. The van der Waals surface area contributed by atoms with Gasteiger partial charge in [-0.05, 0) is 31.4 Å². The quantitative estimate of drug-likeness (QED) is 0.627. The Hall–Kier alpha value is -1.50. The molecule has 0 unspecified atom stereocenters. The van der Waals surface area contributed by atoms with Crippen LogP contribution in [0, 0.1) is 0 Å². The highest BCUT2D eigenvalue weighted by Gasteiger charge is 2.48. The fraction of sp³-hybridized carbons (Fsp3) is 0.737. The highest BCUT2D eigenvalue weighted by Crippen LogP contribution is 2.38. The van der Waals surface area contributed by atoms with Crippen molar-refractivity contribution in [1.29, 1.82) is 0 Å². The molecule has 0 aromatic carbocycles. The molecule has 0 amide bonds. The van der Waals surface area contributed by atoms with Crippen molar-refractivity contribution in [2.45, 2.75) is 56.6 Å². The maximum atomic E-state index is 12.8. The number of nitrogens with one attached hydrogen (secondary N) is 1. The van der Waals surface area contributed by atoms with Crippen LogP contribution in [0.15, 0.2) is 27.8 Å². The number of sulfone groups is 1. The molecule has 1 aromatic heterocycles. The van der Waals surface area contributed by atoms with E-state index in [-0.39, 0.29) is 5.75 Å². The third-order valence-corrected chi connectivity index (χ3v) is 8.13. The van der Waals surface area contributed by atoms with E-state index in [4.69, 9.17) is 9.41 Å². The lowest BCUT2D eigenvalue weighted by Crippen LogP contribution is -2.60.